The zero-order chi connectivity index (χ0) is 16.7. The van der Waals surface area contributed by atoms with Crippen molar-refractivity contribution in [3.63, 3.8) is 0 Å². The molecule has 3 atom stereocenters. The Morgan fingerprint density at radius 3 is 3.04 bits per heavy atom. The van der Waals surface area contributed by atoms with Crippen LogP contribution in [-0.4, -0.2) is 48.8 Å². The number of nitrogens with zero attached hydrogens (tertiary/aromatic N) is 1. The number of carbonyl (C=O) groups is 1. The summed E-state index contributed by atoms with van der Waals surface area (Å²) in [5, 5.41) is 17.4. The van der Waals surface area contributed by atoms with Gasteiger partial charge in [0.25, 0.3) is 0 Å². The van der Waals surface area contributed by atoms with E-state index in [1.807, 2.05) is 6.92 Å². The van der Waals surface area contributed by atoms with Gasteiger partial charge in [0.05, 0.1) is 6.10 Å². The number of piperidine rings is 1. The number of urea groups is 1. The number of thiophene rings is 1. The van der Waals surface area contributed by atoms with Gasteiger partial charge in [-0.3, -0.25) is 4.90 Å². The number of carbonyl (C=O) groups excluding carboxylic acids is 1. The normalized spacial score (nSPS) is 23.4. The van der Waals surface area contributed by atoms with Crippen LogP contribution in [0.15, 0.2) is 17.5 Å². The van der Waals surface area contributed by atoms with Crippen molar-refractivity contribution in [2.45, 2.75) is 44.8 Å². The van der Waals surface area contributed by atoms with E-state index in [0.29, 0.717) is 31.5 Å². The second kappa shape index (κ2) is 9.25. The van der Waals surface area contributed by atoms with Crippen molar-refractivity contribution in [2.24, 2.45) is 5.92 Å². The maximum Gasteiger partial charge on any atom is 0.314 e. The Balaban J connectivity index is 1.79. The fourth-order valence-electron chi connectivity index (χ4n) is 3.23. The lowest BCUT2D eigenvalue weighted by Gasteiger charge is -2.38. The molecule has 1 aliphatic heterocycles. The molecule has 0 radical (unpaired) electrons. The van der Waals surface area contributed by atoms with Crippen LogP contribution in [-0.2, 0) is 0 Å². The minimum absolute atomic E-state index is 0.133. The van der Waals surface area contributed by atoms with Crippen LogP contribution in [0.2, 0.25) is 0 Å². The van der Waals surface area contributed by atoms with Crippen molar-refractivity contribution in [1.82, 2.24) is 15.5 Å². The largest absolute Gasteiger partial charge is 0.393 e. The van der Waals surface area contributed by atoms with E-state index in [-0.39, 0.29) is 12.1 Å². The molecule has 1 fully saturated rings. The quantitative estimate of drug-likeness (QED) is 0.715. The van der Waals surface area contributed by atoms with Crippen molar-refractivity contribution >= 4 is 17.4 Å². The summed E-state index contributed by atoms with van der Waals surface area (Å²) < 4.78 is 0. The molecule has 0 spiro atoms. The minimum Gasteiger partial charge on any atom is -0.393 e. The van der Waals surface area contributed by atoms with Gasteiger partial charge in [0, 0.05) is 24.0 Å². The molecule has 23 heavy (non-hydrogen) atoms. The topological polar surface area (TPSA) is 64.6 Å². The highest BCUT2D eigenvalue weighted by Crippen LogP contribution is 2.36. The number of nitrogens with one attached hydrogen (secondary N) is 2. The number of likely N-dealkylation sites (tertiary alicyclic amines) is 1. The highest BCUT2D eigenvalue weighted by Gasteiger charge is 2.31. The predicted octanol–water partition coefficient (Wildman–Crippen LogP) is 2.59. The standard InChI is InChI=1S/C17H29N3O2S/c1-3-14(21)8-9-18-17(22)19-12-13-6-4-10-20(2)16(13)15-7-5-11-23-15/h5,7,11,13-14,16,21H,3-4,6,8-10,12H2,1-2H3,(H2,18,19,22). The van der Waals surface area contributed by atoms with E-state index in [2.05, 4.69) is 40.1 Å². The van der Waals surface area contributed by atoms with Crippen molar-refractivity contribution in [2.75, 3.05) is 26.7 Å². The molecule has 0 aliphatic carbocycles. The Labute approximate surface area is 143 Å². The van der Waals surface area contributed by atoms with Gasteiger partial charge in [-0.15, -0.1) is 11.3 Å². The molecule has 2 rings (SSSR count). The molecule has 2 heterocycles. The van der Waals surface area contributed by atoms with E-state index in [9.17, 15) is 9.90 Å². The zero-order valence-corrected chi connectivity index (χ0v) is 14.9. The van der Waals surface area contributed by atoms with Crippen LogP contribution in [0.4, 0.5) is 4.79 Å². The number of rotatable bonds is 7. The highest BCUT2D eigenvalue weighted by molar-refractivity contribution is 7.10. The first-order chi connectivity index (χ1) is 11.1. The Kier molecular flexibility index (Phi) is 7.33. The molecule has 1 aliphatic rings. The molecule has 0 aromatic carbocycles. The Hall–Kier alpha value is -1.11. The number of aliphatic hydroxyl groups excluding tert-OH is 1. The van der Waals surface area contributed by atoms with Crippen molar-refractivity contribution < 1.29 is 9.90 Å². The summed E-state index contributed by atoms with van der Waals surface area (Å²) in [7, 11) is 2.17. The summed E-state index contributed by atoms with van der Waals surface area (Å²) in [5.74, 6) is 0.444. The molecule has 130 valence electrons. The lowest BCUT2D eigenvalue weighted by molar-refractivity contribution is 0.123. The van der Waals surface area contributed by atoms with E-state index in [1.165, 1.54) is 11.3 Å². The van der Waals surface area contributed by atoms with Crippen LogP contribution >= 0.6 is 11.3 Å². The fraction of sp³-hybridized carbons (Fsp3) is 0.706. The second-order valence-electron chi connectivity index (χ2n) is 6.33. The fourth-order valence-corrected chi connectivity index (χ4v) is 4.21. The van der Waals surface area contributed by atoms with Crippen molar-refractivity contribution in [3.8, 4) is 0 Å². The first-order valence-electron chi connectivity index (χ1n) is 8.55. The Bertz CT molecular complexity index is 466. The van der Waals surface area contributed by atoms with Crippen LogP contribution in [0.25, 0.3) is 0 Å². The highest BCUT2D eigenvalue weighted by atomic mass is 32.1. The molecule has 0 bridgehead atoms. The second-order valence-corrected chi connectivity index (χ2v) is 7.31. The average Bonchev–Trinajstić information content (AvgIpc) is 3.06. The van der Waals surface area contributed by atoms with Gasteiger partial charge in [-0.05, 0) is 56.6 Å². The number of hydrogen-bond acceptors (Lipinski definition) is 4. The van der Waals surface area contributed by atoms with Gasteiger partial charge in [-0.25, -0.2) is 4.79 Å². The zero-order valence-electron chi connectivity index (χ0n) is 14.1. The summed E-state index contributed by atoms with van der Waals surface area (Å²) in [4.78, 5) is 15.7. The first-order valence-corrected chi connectivity index (χ1v) is 9.43. The molecule has 6 heteroatoms. The average molecular weight is 340 g/mol. The summed E-state index contributed by atoms with van der Waals surface area (Å²) in [6.45, 7) is 4.25. The first kappa shape index (κ1) is 18.2. The van der Waals surface area contributed by atoms with Crippen LogP contribution in [0.5, 0.6) is 0 Å². The van der Waals surface area contributed by atoms with Crippen molar-refractivity contribution in [1.29, 1.82) is 0 Å². The third-order valence-electron chi connectivity index (χ3n) is 4.60. The molecule has 3 N–H and O–H groups in total. The summed E-state index contributed by atoms with van der Waals surface area (Å²) in [5.41, 5.74) is 0. The van der Waals surface area contributed by atoms with Crippen LogP contribution in [0, 0.1) is 5.92 Å². The SMILES string of the molecule is CCC(O)CCNC(=O)NCC1CCCN(C)C1c1cccs1. The molecule has 5 nitrogen and oxygen atoms in total. The molecule has 1 aromatic heterocycles. The van der Waals surface area contributed by atoms with Gasteiger partial charge >= 0.3 is 6.03 Å². The van der Waals surface area contributed by atoms with E-state index in [4.69, 9.17) is 0 Å². The van der Waals surface area contributed by atoms with E-state index in [0.717, 1.165) is 19.4 Å². The van der Waals surface area contributed by atoms with Gasteiger partial charge in [0.15, 0.2) is 0 Å². The van der Waals surface area contributed by atoms with Gasteiger partial charge in [-0.2, -0.15) is 0 Å². The Morgan fingerprint density at radius 2 is 2.35 bits per heavy atom. The van der Waals surface area contributed by atoms with Gasteiger partial charge < -0.3 is 15.7 Å². The van der Waals surface area contributed by atoms with Gasteiger partial charge in [0.1, 0.15) is 0 Å². The molecular weight excluding hydrogens is 310 g/mol. The number of amides is 2. The maximum atomic E-state index is 11.9. The predicted molar refractivity (Wildman–Crippen MR) is 94.7 cm³/mol. The molecule has 3 unspecified atom stereocenters. The van der Waals surface area contributed by atoms with Crippen LogP contribution in [0.3, 0.4) is 0 Å². The third-order valence-corrected chi connectivity index (χ3v) is 5.54. The minimum atomic E-state index is -0.328. The maximum absolute atomic E-state index is 11.9. The van der Waals surface area contributed by atoms with Crippen molar-refractivity contribution in [3.05, 3.63) is 22.4 Å². The van der Waals surface area contributed by atoms with Gasteiger partial charge in [0.2, 0.25) is 0 Å². The lowest BCUT2D eigenvalue weighted by atomic mass is 9.88. The van der Waals surface area contributed by atoms with E-state index < -0.39 is 0 Å². The smallest absolute Gasteiger partial charge is 0.314 e. The lowest BCUT2D eigenvalue weighted by Crippen LogP contribution is -2.44. The molecule has 1 saturated heterocycles. The molecular formula is C17H29N3O2S. The summed E-state index contributed by atoms with van der Waals surface area (Å²) in [6.07, 6.45) is 3.32. The molecule has 2 amide bonds. The van der Waals surface area contributed by atoms with Gasteiger partial charge in [-0.1, -0.05) is 13.0 Å². The monoisotopic (exact) mass is 339 g/mol. The molecule has 1 aromatic rings. The summed E-state index contributed by atoms with van der Waals surface area (Å²) >= 11 is 1.79. The van der Waals surface area contributed by atoms with E-state index in [1.54, 1.807) is 11.3 Å². The Morgan fingerprint density at radius 1 is 1.52 bits per heavy atom. The summed E-state index contributed by atoms with van der Waals surface area (Å²) in [6, 6.07) is 4.55. The van der Waals surface area contributed by atoms with Crippen LogP contribution in [0.1, 0.15) is 43.5 Å². The van der Waals surface area contributed by atoms with E-state index >= 15 is 0 Å². The molecule has 0 saturated carbocycles. The number of aliphatic hydroxyl groups is 1. The third kappa shape index (κ3) is 5.48. The number of hydrogen-bond donors (Lipinski definition) is 3. The van der Waals surface area contributed by atoms with Crippen LogP contribution < -0.4 is 10.6 Å².